The third-order valence-electron chi connectivity index (χ3n) is 2.82. The first-order valence-electron chi connectivity index (χ1n) is 6.97. The first-order chi connectivity index (χ1) is 11.1. The lowest BCUT2D eigenvalue weighted by molar-refractivity contribution is -0.137. The lowest BCUT2D eigenvalue weighted by Crippen LogP contribution is -2.10. The fraction of sp³-hybridized carbons (Fsp3) is 0.250. The topological polar surface area (TPSA) is 91.5 Å². The van der Waals surface area contributed by atoms with Gasteiger partial charge in [0.25, 0.3) is 0 Å². The number of carbonyl (C=O) groups excluding carboxylic acids is 2. The fourth-order valence-electron chi connectivity index (χ4n) is 1.74. The third kappa shape index (κ3) is 4.77. The molecule has 0 atom stereocenters. The van der Waals surface area contributed by atoms with Crippen LogP contribution in [0, 0.1) is 6.92 Å². The maximum atomic E-state index is 12.0. The van der Waals surface area contributed by atoms with Gasteiger partial charge in [-0.3, -0.25) is 0 Å². The second kappa shape index (κ2) is 7.88. The molecule has 0 fully saturated rings. The van der Waals surface area contributed by atoms with Gasteiger partial charge in [0.1, 0.15) is 0 Å². The smallest absolute Gasteiger partial charge is 0.338 e. The van der Waals surface area contributed by atoms with Gasteiger partial charge in [-0.25, -0.2) is 9.59 Å². The molecule has 0 bridgehead atoms. The molecule has 0 N–H and O–H groups in total. The molecule has 1 aromatic carbocycles. The molecular weight excluding hydrogens is 300 g/mol. The second-order valence-electron chi connectivity index (χ2n) is 4.58. The van der Waals surface area contributed by atoms with Gasteiger partial charge in [-0.1, -0.05) is 23.9 Å². The number of ether oxygens (including phenoxy) is 2. The molecule has 0 radical (unpaired) electrons. The molecule has 1 aromatic heterocycles. The van der Waals surface area contributed by atoms with Gasteiger partial charge in [0.15, 0.2) is 0 Å². The van der Waals surface area contributed by atoms with Crippen LogP contribution in [0.1, 0.15) is 22.7 Å². The zero-order valence-corrected chi connectivity index (χ0v) is 12.7. The zero-order chi connectivity index (χ0) is 16.7. The minimum Gasteiger partial charge on any atom is -0.462 e. The van der Waals surface area contributed by atoms with E-state index in [1.807, 2.05) is 0 Å². The highest BCUT2D eigenvalue weighted by atomic mass is 16.5. The highest BCUT2D eigenvalue weighted by Gasteiger charge is 2.11. The Morgan fingerprint density at radius 2 is 2.09 bits per heavy atom. The number of aryl methyl sites for hydroxylation is 1. The lowest BCUT2D eigenvalue weighted by atomic mass is 10.1. The van der Waals surface area contributed by atoms with Crippen LogP contribution in [0.5, 0.6) is 0 Å². The Morgan fingerprint density at radius 1 is 1.30 bits per heavy atom. The SMILES string of the molecule is C=CC(=O)OCCCOC(=O)c1cccc(-c2noc(C)n2)c1. The molecule has 120 valence electrons. The van der Waals surface area contributed by atoms with E-state index in [9.17, 15) is 9.59 Å². The minimum atomic E-state index is -0.501. The minimum absolute atomic E-state index is 0.148. The molecule has 0 saturated heterocycles. The van der Waals surface area contributed by atoms with Crippen molar-refractivity contribution >= 4 is 11.9 Å². The van der Waals surface area contributed by atoms with E-state index in [2.05, 4.69) is 16.7 Å². The first-order valence-corrected chi connectivity index (χ1v) is 6.97. The summed E-state index contributed by atoms with van der Waals surface area (Å²) in [5.41, 5.74) is 1.05. The normalized spacial score (nSPS) is 10.1. The zero-order valence-electron chi connectivity index (χ0n) is 12.7. The molecule has 23 heavy (non-hydrogen) atoms. The van der Waals surface area contributed by atoms with Crippen LogP contribution in [0.25, 0.3) is 11.4 Å². The van der Waals surface area contributed by atoms with Crippen LogP contribution < -0.4 is 0 Å². The maximum absolute atomic E-state index is 12.0. The summed E-state index contributed by atoms with van der Waals surface area (Å²) >= 11 is 0. The summed E-state index contributed by atoms with van der Waals surface area (Å²) in [6.07, 6.45) is 1.49. The molecule has 0 aliphatic heterocycles. The number of aromatic nitrogens is 2. The van der Waals surface area contributed by atoms with E-state index in [0.717, 1.165) is 6.08 Å². The first kappa shape index (κ1) is 16.4. The van der Waals surface area contributed by atoms with Crippen LogP contribution in [0.3, 0.4) is 0 Å². The van der Waals surface area contributed by atoms with Crippen LogP contribution in [0.4, 0.5) is 0 Å². The van der Waals surface area contributed by atoms with E-state index in [4.69, 9.17) is 14.0 Å². The van der Waals surface area contributed by atoms with Crippen molar-refractivity contribution in [1.29, 1.82) is 0 Å². The molecule has 0 spiro atoms. The van der Waals surface area contributed by atoms with Gasteiger partial charge in [-0.15, -0.1) is 0 Å². The molecule has 0 aliphatic rings. The fourth-order valence-corrected chi connectivity index (χ4v) is 1.74. The van der Waals surface area contributed by atoms with Crippen molar-refractivity contribution in [1.82, 2.24) is 10.1 Å². The number of rotatable bonds is 7. The lowest BCUT2D eigenvalue weighted by Gasteiger charge is -2.06. The van der Waals surface area contributed by atoms with Crippen molar-refractivity contribution in [2.45, 2.75) is 13.3 Å². The summed E-state index contributed by atoms with van der Waals surface area (Å²) < 4.78 is 14.8. The highest BCUT2D eigenvalue weighted by molar-refractivity contribution is 5.90. The standard InChI is InChI=1S/C16H16N2O5/c1-3-14(19)21-8-5-9-22-16(20)13-7-4-6-12(10-13)15-17-11(2)23-18-15/h3-4,6-7,10H,1,5,8-9H2,2H3. The summed E-state index contributed by atoms with van der Waals surface area (Å²) in [4.78, 5) is 26.9. The number of esters is 2. The Bertz CT molecular complexity index is 708. The molecule has 0 aliphatic carbocycles. The third-order valence-corrected chi connectivity index (χ3v) is 2.82. The monoisotopic (exact) mass is 316 g/mol. The molecule has 0 amide bonds. The van der Waals surface area contributed by atoms with E-state index in [0.29, 0.717) is 29.3 Å². The van der Waals surface area contributed by atoms with E-state index in [1.54, 1.807) is 31.2 Å². The van der Waals surface area contributed by atoms with Crippen LogP contribution in [0.2, 0.25) is 0 Å². The number of carbonyl (C=O) groups is 2. The van der Waals surface area contributed by atoms with E-state index >= 15 is 0 Å². The average Bonchev–Trinajstić information content (AvgIpc) is 3.00. The van der Waals surface area contributed by atoms with Gasteiger partial charge >= 0.3 is 11.9 Å². The van der Waals surface area contributed by atoms with E-state index in [-0.39, 0.29) is 13.2 Å². The van der Waals surface area contributed by atoms with Crippen molar-refractivity contribution in [2.75, 3.05) is 13.2 Å². The van der Waals surface area contributed by atoms with Gasteiger partial charge in [0, 0.05) is 25.0 Å². The van der Waals surface area contributed by atoms with Gasteiger partial charge < -0.3 is 14.0 Å². The highest BCUT2D eigenvalue weighted by Crippen LogP contribution is 2.17. The van der Waals surface area contributed by atoms with Crippen LogP contribution >= 0.6 is 0 Å². The number of hydrogen-bond donors (Lipinski definition) is 0. The Hall–Kier alpha value is -2.96. The summed E-state index contributed by atoms with van der Waals surface area (Å²) in [7, 11) is 0. The summed E-state index contributed by atoms with van der Waals surface area (Å²) in [6.45, 7) is 5.29. The Morgan fingerprint density at radius 3 is 2.78 bits per heavy atom. The Labute approximate surface area is 132 Å². The van der Waals surface area contributed by atoms with Crippen molar-refractivity contribution in [3.8, 4) is 11.4 Å². The predicted molar refractivity (Wildman–Crippen MR) is 80.5 cm³/mol. The van der Waals surface area contributed by atoms with E-state index in [1.165, 1.54) is 0 Å². The molecular formula is C16H16N2O5. The maximum Gasteiger partial charge on any atom is 0.338 e. The molecule has 1 heterocycles. The van der Waals surface area contributed by atoms with Gasteiger partial charge in [0.2, 0.25) is 11.7 Å². The average molecular weight is 316 g/mol. The Kier molecular flexibility index (Phi) is 5.62. The van der Waals surface area contributed by atoms with Crippen molar-refractivity contribution in [3.63, 3.8) is 0 Å². The van der Waals surface area contributed by atoms with Crippen molar-refractivity contribution in [3.05, 3.63) is 48.4 Å². The number of hydrogen-bond acceptors (Lipinski definition) is 7. The quantitative estimate of drug-likeness (QED) is 0.440. The molecule has 0 unspecified atom stereocenters. The summed E-state index contributed by atoms with van der Waals surface area (Å²) in [5, 5.41) is 3.80. The molecule has 2 aromatic rings. The molecule has 0 saturated carbocycles. The number of benzene rings is 1. The van der Waals surface area contributed by atoms with Crippen LogP contribution in [0.15, 0.2) is 41.4 Å². The van der Waals surface area contributed by atoms with Crippen molar-refractivity contribution in [2.24, 2.45) is 0 Å². The van der Waals surface area contributed by atoms with Gasteiger partial charge in [-0.05, 0) is 12.1 Å². The summed E-state index contributed by atoms with van der Waals surface area (Å²) in [6, 6.07) is 6.75. The molecule has 7 nitrogen and oxygen atoms in total. The molecule has 7 heteroatoms. The van der Waals surface area contributed by atoms with Crippen molar-refractivity contribution < 1.29 is 23.6 Å². The van der Waals surface area contributed by atoms with Gasteiger partial charge in [-0.2, -0.15) is 4.98 Å². The van der Waals surface area contributed by atoms with Crippen LogP contribution in [-0.4, -0.2) is 35.3 Å². The largest absolute Gasteiger partial charge is 0.462 e. The second-order valence-corrected chi connectivity index (χ2v) is 4.58. The number of nitrogens with zero attached hydrogens (tertiary/aromatic N) is 2. The van der Waals surface area contributed by atoms with Crippen LogP contribution in [-0.2, 0) is 14.3 Å². The van der Waals surface area contributed by atoms with E-state index < -0.39 is 11.9 Å². The van der Waals surface area contributed by atoms with Gasteiger partial charge in [0.05, 0.1) is 18.8 Å². The predicted octanol–water partition coefficient (Wildman–Crippen LogP) is 2.32. The summed E-state index contributed by atoms with van der Waals surface area (Å²) in [5.74, 6) is -0.114. The molecule has 2 rings (SSSR count). The Balaban J connectivity index is 1.87.